The quantitative estimate of drug-likeness (QED) is 0.577. The molecule has 0 radical (unpaired) electrons. The molecule has 0 spiro atoms. The Bertz CT molecular complexity index is 875. The number of rotatable bonds is 3. The monoisotopic (exact) mass is 382 g/mol. The van der Waals surface area contributed by atoms with Crippen LogP contribution in [0.25, 0.3) is 11.1 Å². The zero-order valence-corrected chi connectivity index (χ0v) is 14.8. The SMILES string of the molecule is CN(C(=O)O[C@H]1CCCN1C)c1ccc(F)cc1-c1cc(F)c(F)cc1F. The molecule has 1 heterocycles. The molecule has 144 valence electrons. The van der Waals surface area contributed by atoms with E-state index in [4.69, 9.17) is 4.74 Å². The minimum absolute atomic E-state index is 0.0920. The first kappa shape index (κ1) is 19.2. The van der Waals surface area contributed by atoms with Crippen LogP contribution >= 0.6 is 0 Å². The summed E-state index contributed by atoms with van der Waals surface area (Å²) in [7, 11) is 3.21. The van der Waals surface area contributed by atoms with Gasteiger partial charge in [-0.3, -0.25) is 9.80 Å². The van der Waals surface area contributed by atoms with E-state index in [1.807, 2.05) is 11.9 Å². The van der Waals surface area contributed by atoms with Crippen LogP contribution in [0.2, 0.25) is 0 Å². The van der Waals surface area contributed by atoms with Crippen molar-refractivity contribution >= 4 is 11.8 Å². The molecule has 1 amide bonds. The highest BCUT2D eigenvalue weighted by molar-refractivity contribution is 5.93. The van der Waals surface area contributed by atoms with Crippen LogP contribution in [-0.4, -0.2) is 37.9 Å². The number of anilines is 1. The maximum Gasteiger partial charge on any atom is 0.415 e. The normalized spacial score (nSPS) is 17.2. The van der Waals surface area contributed by atoms with Crippen LogP contribution in [0.5, 0.6) is 0 Å². The standard InChI is InChI=1S/C19H18F4N2O2/c1-24-7-3-4-18(24)27-19(26)25(2)17-6-5-11(20)8-13(17)12-9-15(22)16(23)10-14(12)21/h5-6,8-10,18H,3-4,7H2,1-2H3/t18-/m0/s1. The second-order valence-electron chi connectivity index (χ2n) is 6.43. The molecule has 1 aliphatic heterocycles. The Morgan fingerprint density at radius 3 is 2.44 bits per heavy atom. The van der Waals surface area contributed by atoms with Crippen molar-refractivity contribution in [2.45, 2.75) is 19.1 Å². The van der Waals surface area contributed by atoms with Gasteiger partial charge in [-0.15, -0.1) is 0 Å². The summed E-state index contributed by atoms with van der Waals surface area (Å²) < 4.78 is 60.2. The number of benzene rings is 2. The molecule has 1 atom stereocenters. The Morgan fingerprint density at radius 2 is 1.78 bits per heavy atom. The first-order valence-corrected chi connectivity index (χ1v) is 8.37. The molecular weight excluding hydrogens is 364 g/mol. The topological polar surface area (TPSA) is 32.8 Å². The predicted octanol–water partition coefficient (Wildman–Crippen LogP) is 4.53. The van der Waals surface area contributed by atoms with Crippen molar-refractivity contribution in [3.05, 3.63) is 53.6 Å². The third-order valence-electron chi connectivity index (χ3n) is 4.58. The Morgan fingerprint density at radius 1 is 1.07 bits per heavy atom. The van der Waals surface area contributed by atoms with Gasteiger partial charge in [-0.05, 0) is 44.2 Å². The molecule has 2 aromatic carbocycles. The lowest BCUT2D eigenvalue weighted by Gasteiger charge is -2.25. The molecule has 0 aliphatic carbocycles. The molecule has 0 saturated carbocycles. The van der Waals surface area contributed by atoms with Gasteiger partial charge in [0.1, 0.15) is 11.6 Å². The predicted molar refractivity (Wildman–Crippen MR) is 92.2 cm³/mol. The van der Waals surface area contributed by atoms with E-state index in [9.17, 15) is 22.4 Å². The van der Waals surface area contributed by atoms with Crippen molar-refractivity contribution in [2.75, 3.05) is 25.5 Å². The summed E-state index contributed by atoms with van der Waals surface area (Å²) in [6, 6.07) is 4.31. The second-order valence-corrected chi connectivity index (χ2v) is 6.43. The van der Waals surface area contributed by atoms with E-state index in [0.29, 0.717) is 18.6 Å². The zero-order valence-electron chi connectivity index (χ0n) is 14.8. The average molecular weight is 382 g/mol. The van der Waals surface area contributed by atoms with Gasteiger partial charge in [-0.1, -0.05) is 0 Å². The summed E-state index contributed by atoms with van der Waals surface area (Å²) in [5.74, 6) is -4.42. The smallest absolute Gasteiger partial charge is 0.415 e. The molecule has 8 heteroatoms. The average Bonchev–Trinajstić information content (AvgIpc) is 3.02. The fraction of sp³-hybridized carbons (Fsp3) is 0.316. The number of amides is 1. The number of carbonyl (C=O) groups excluding carboxylic acids is 1. The number of hydrogen-bond donors (Lipinski definition) is 0. The summed E-state index contributed by atoms with van der Waals surface area (Å²) in [5.41, 5.74) is -0.349. The summed E-state index contributed by atoms with van der Waals surface area (Å²) in [4.78, 5) is 15.4. The van der Waals surface area contributed by atoms with E-state index in [-0.39, 0.29) is 23.0 Å². The Kier molecular flexibility index (Phi) is 5.36. The van der Waals surface area contributed by atoms with Gasteiger partial charge in [-0.2, -0.15) is 0 Å². The van der Waals surface area contributed by atoms with Crippen molar-refractivity contribution in [3.8, 4) is 11.1 Å². The molecule has 0 N–H and O–H groups in total. The Labute approximate surface area is 153 Å². The lowest BCUT2D eigenvalue weighted by Crippen LogP contribution is -2.36. The molecular formula is C19H18F4N2O2. The van der Waals surface area contributed by atoms with E-state index in [0.717, 1.165) is 30.0 Å². The summed E-state index contributed by atoms with van der Waals surface area (Å²) in [6.07, 6.45) is 0.470. The zero-order chi connectivity index (χ0) is 19.7. The summed E-state index contributed by atoms with van der Waals surface area (Å²) >= 11 is 0. The first-order chi connectivity index (χ1) is 12.8. The van der Waals surface area contributed by atoms with Crippen LogP contribution in [0.3, 0.4) is 0 Å². The number of halogens is 4. The highest BCUT2D eigenvalue weighted by Gasteiger charge is 2.27. The van der Waals surface area contributed by atoms with Gasteiger partial charge < -0.3 is 4.74 Å². The fourth-order valence-corrected chi connectivity index (χ4v) is 3.07. The molecule has 1 aliphatic rings. The van der Waals surface area contributed by atoms with Gasteiger partial charge in [0, 0.05) is 30.8 Å². The fourth-order valence-electron chi connectivity index (χ4n) is 3.07. The van der Waals surface area contributed by atoms with Crippen molar-refractivity contribution in [1.82, 2.24) is 4.90 Å². The van der Waals surface area contributed by atoms with E-state index in [1.54, 1.807) is 0 Å². The van der Waals surface area contributed by atoms with E-state index < -0.39 is 29.4 Å². The van der Waals surface area contributed by atoms with Crippen LogP contribution in [0.1, 0.15) is 12.8 Å². The molecule has 1 fully saturated rings. The number of hydrogen-bond acceptors (Lipinski definition) is 3. The molecule has 0 bridgehead atoms. The maximum absolute atomic E-state index is 14.2. The van der Waals surface area contributed by atoms with Crippen LogP contribution < -0.4 is 4.90 Å². The second kappa shape index (κ2) is 7.56. The largest absolute Gasteiger partial charge is 0.430 e. The summed E-state index contributed by atoms with van der Waals surface area (Å²) in [5, 5.41) is 0. The van der Waals surface area contributed by atoms with Gasteiger partial charge in [0.2, 0.25) is 0 Å². The molecule has 2 aromatic rings. The van der Waals surface area contributed by atoms with Crippen molar-refractivity contribution in [3.63, 3.8) is 0 Å². The first-order valence-electron chi connectivity index (χ1n) is 8.37. The summed E-state index contributed by atoms with van der Waals surface area (Å²) in [6.45, 7) is 0.795. The third kappa shape index (κ3) is 3.90. The molecule has 4 nitrogen and oxygen atoms in total. The van der Waals surface area contributed by atoms with Crippen molar-refractivity contribution in [2.24, 2.45) is 0 Å². The molecule has 0 aromatic heterocycles. The van der Waals surface area contributed by atoms with Gasteiger partial charge in [-0.25, -0.2) is 22.4 Å². The maximum atomic E-state index is 14.2. The number of ether oxygens (including phenoxy) is 1. The number of nitrogens with zero attached hydrogens (tertiary/aromatic N) is 2. The number of likely N-dealkylation sites (tertiary alicyclic amines) is 1. The highest BCUT2D eigenvalue weighted by Crippen LogP contribution is 2.34. The van der Waals surface area contributed by atoms with E-state index in [1.165, 1.54) is 13.1 Å². The van der Waals surface area contributed by atoms with Gasteiger partial charge in [0.05, 0.1) is 5.69 Å². The third-order valence-corrected chi connectivity index (χ3v) is 4.58. The van der Waals surface area contributed by atoms with Crippen molar-refractivity contribution < 1.29 is 27.1 Å². The Hall–Kier alpha value is -2.61. The van der Waals surface area contributed by atoms with Gasteiger partial charge in [0.25, 0.3) is 0 Å². The molecule has 3 rings (SSSR count). The van der Waals surface area contributed by atoms with Crippen molar-refractivity contribution in [1.29, 1.82) is 0 Å². The van der Waals surface area contributed by atoms with Crippen LogP contribution in [0, 0.1) is 23.3 Å². The lowest BCUT2D eigenvalue weighted by atomic mass is 10.0. The minimum Gasteiger partial charge on any atom is -0.430 e. The van der Waals surface area contributed by atoms with Crippen LogP contribution in [0.4, 0.5) is 28.0 Å². The van der Waals surface area contributed by atoms with Gasteiger partial charge >= 0.3 is 6.09 Å². The molecule has 0 unspecified atom stereocenters. The lowest BCUT2D eigenvalue weighted by molar-refractivity contribution is 0.0315. The van der Waals surface area contributed by atoms with Gasteiger partial charge in [0.15, 0.2) is 17.9 Å². The minimum atomic E-state index is -1.36. The van der Waals surface area contributed by atoms with E-state index in [2.05, 4.69) is 0 Å². The molecule has 1 saturated heterocycles. The molecule has 27 heavy (non-hydrogen) atoms. The van der Waals surface area contributed by atoms with Crippen LogP contribution in [-0.2, 0) is 4.74 Å². The Balaban J connectivity index is 1.96. The number of carbonyl (C=O) groups is 1. The van der Waals surface area contributed by atoms with E-state index >= 15 is 0 Å². The van der Waals surface area contributed by atoms with Crippen LogP contribution in [0.15, 0.2) is 30.3 Å². The highest BCUT2D eigenvalue weighted by atomic mass is 19.2.